The number of carbonyl (C=O) groups excluding carboxylic acids is 2. The summed E-state index contributed by atoms with van der Waals surface area (Å²) >= 11 is 0. The topological polar surface area (TPSA) is 61.4 Å². The number of anilines is 1. The highest BCUT2D eigenvalue weighted by atomic mass is 19.1. The molecular formula is C19H28FN3O2. The van der Waals surface area contributed by atoms with E-state index in [0.29, 0.717) is 32.4 Å². The van der Waals surface area contributed by atoms with Gasteiger partial charge in [0.05, 0.1) is 0 Å². The van der Waals surface area contributed by atoms with Crippen molar-refractivity contribution in [3.63, 3.8) is 0 Å². The Labute approximate surface area is 149 Å². The summed E-state index contributed by atoms with van der Waals surface area (Å²) in [4.78, 5) is 25.7. The zero-order valence-corrected chi connectivity index (χ0v) is 14.9. The molecule has 0 bridgehead atoms. The molecule has 1 aromatic carbocycles. The zero-order chi connectivity index (χ0) is 18.1. The molecule has 1 saturated heterocycles. The minimum atomic E-state index is -0.245. The number of halogens is 1. The smallest absolute Gasteiger partial charge is 0.220 e. The lowest BCUT2D eigenvalue weighted by Crippen LogP contribution is -2.47. The van der Waals surface area contributed by atoms with Gasteiger partial charge in [-0.15, -0.1) is 0 Å². The largest absolute Gasteiger partial charge is 0.369 e. The summed E-state index contributed by atoms with van der Waals surface area (Å²) in [5.74, 6) is -0.260. The second-order valence-corrected chi connectivity index (χ2v) is 6.54. The predicted octanol–water partition coefficient (Wildman–Crippen LogP) is 2.61. The van der Waals surface area contributed by atoms with Crippen LogP contribution in [-0.4, -0.2) is 37.5 Å². The Morgan fingerprint density at radius 3 is 2.84 bits per heavy atom. The summed E-state index contributed by atoms with van der Waals surface area (Å²) in [7, 11) is 0. The van der Waals surface area contributed by atoms with E-state index in [0.717, 1.165) is 31.5 Å². The Bertz CT molecular complexity index is 580. The fraction of sp³-hybridized carbons (Fsp3) is 0.579. The lowest BCUT2D eigenvalue weighted by Gasteiger charge is -2.34. The van der Waals surface area contributed by atoms with E-state index in [-0.39, 0.29) is 23.7 Å². The monoisotopic (exact) mass is 349 g/mol. The van der Waals surface area contributed by atoms with Gasteiger partial charge in [0, 0.05) is 44.2 Å². The second-order valence-electron chi connectivity index (χ2n) is 6.54. The Kier molecular flexibility index (Phi) is 7.70. The number of carbonyl (C=O) groups is 2. The van der Waals surface area contributed by atoms with Gasteiger partial charge in [0.15, 0.2) is 0 Å². The highest BCUT2D eigenvalue weighted by molar-refractivity contribution is 5.79. The highest BCUT2D eigenvalue weighted by Crippen LogP contribution is 2.20. The highest BCUT2D eigenvalue weighted by Gasteiger charge is 2.21. The van der Waals surface area contributed by atoms with E-state index in [9.17, 15) is 14.0 Å². The van der Waals surface area contributed by atoms with Crippen LogP contribution in [0.25, 0.3) is 0 Å². The summed E-state index contributed by atoms with van der Waals surface area (Å²) in [5.41, 5.74) is 0.853. The molecule has 1 aliphatic heterocycles. The maximum absolute atomic E-state index is 13.4. The minimum Gasteiger partial charge on any atom is -0.369 e. The fourth-order valence-corrected chi connectivity index (χ4v) is 3.06. The first kappa shape index (κ1) is 19.2. The Morgan fingerprint density at radius 2 is 2.08 bits per heavy atom. The summed E-state index contributed by atoms with van der Waals surface area (Å²) in [5, 5.41) is 5.85. The van der Waals surface area contributed by atoms with E-state index in [4.69, 9.17) is 0 Å². The zero-order valence-electron chi connectivity index (χ0n) is 14.9. The van der Waals surface area contributed by atoms with Crippen molar-refractivity contribution in [2.75, 3.05) is 24.5 Å². The van der Waals surface area contributed by atoms with E-state index in [1.165, 1.54) is 12.1 Å². The fourth-order valence-electron chi connectivity index (χ4n) is 3.06. The number of amides is 2. The van der Waals surface area contributed by atoms with Gasteiger partial charge in [0.25, 0.3) is 0 Å². The van der Waals surface area contributed by atoms with Crippen LogP contribution in [0, 0.1) is 5.82 Å². The molecule has 1 aromatic rings. The number of benzene rings is 1. The van der Waals surface area contributed by atoms with Crippen LogP contribution >= 0.6 is 0 Å². The van der Waals surface area contributed by atoms with E-state index in [1.54, 1.807) is 6.07 Å². The molecule has 1 atom stereocenters. The van der Waals surface area contributed by atoms with Gasteiger partial charge in [-0.1, -0.05) is 13.0 Å². The average molecular weight is 349 g/mol. The maximum Gasteiger partial charge on any atom is 0.220 e. The third-order valence-electron chi connectivity index (χ3n) is 4.34. The molecule has 138 valence electrons. The molecule has 0 saturated carbocycles. The Balaban J connectivity index is 1.72. The molecule has 0 aromatic heterocycles. The Hall–Kier alpha value is -2.11. The van der Waals surface area contributed by atoms with Crippen LogP contribution in [0.2, 0.25) is 0 Å². The van der Waals surface area contributed by atoms with Gasteiger partial charge < -0.3 is 15.5 Å². The van der Waals surface area contributed by atoms with Gasteiger partial charge in [-0.2, -0.15) is 0 Å². The molecule has 2 rings (SSSR count). The van der Waals surface area contributed by atoms with Gasteiger partial charge in [0.2, 0.25) is 11.8 Å². The van der Waals surface area contributed by atoms with Crippen molar-refractivity contribution >= 4 is 17.5 Å². The van der Waals surface area contributed by atoms with Crippen molar-refractivity contribution < 1.29 is 14.0 Å². The van der Waals surface area contributed by atoms with Crippen molar-refractivity contribution in [1.82, 2.24) is 10.6 Å². The van der Waals surface area contributed by atoms with Crippen molar-refractivity contribution in [3.8, 4) is 0 Å². The molecule has 1 unspecified atom stereocenters. The molecule has 2 N–H and O–H groups in total. The molecule has 1 heterocycles. The maximum atomic E-state index is 13.4. The Morgan fingerprint density at radius 1 is 1.28 bits per heavy atom. The van der Waals surface area contributed by atoms with Crippen LogP contribution < -0.4 is 15.5 Å². The van der Waals surface area contributed by atoms with E-state index < -0.39 is 0 Å². The number of nitrogens with zero attached hydrogens (tertiary/aromatic N) is 1. The third kappa shape index (κ3) is 6.72. The van der Waals surface area contributed by atoms with Crippen LogP contribution in [-0.2, 0) is 9.59 Å². The van der Waals surface area contributed by atoms with E-state index in [1.807, 2.05) is 13.0 Å². The number of rotatable bonds is 8. The summed E-state index contributed by atoms with van der Waals surface area (Å²) in [6, 6.07) is 6.62. The van der Waals surface area contributed by atoms with Gasteiger partial charge in [-0.05, 0) is 43.9 Å². The molecule has 0 radical (unpaired) electrons. The van der Waals surface area contributed by atoms with Gasteiger partial charge in [-0.3, -0.25) is 9.59 Å². The minimum absolute atomic E-state index is 0.00426. The molecule has 0 aliphatic carbocycles. The van der Waals surface area contributed by atoms with E-state index >= 15 is 0 Å². The molecule has 0 spiro atoms. The molecule has 1 aliphatic rings. The molecule has 1 fully saturated rings. The van der Waals surface area contributed by atoms with Crippen LogP contribution in [0.15, 0.2) is 24.3 Å². The lowest BCUT2D eigenvalue weighted by atomic mass is 10.0. The molecule has 2 amide bonds. The number of nitrogens with one attached hydrogen (secondary N) is 2. The lowest BCUT2D eigenvalue weighted by molar-refractivity contribution is -0.122. The van der Waals surface area contributed by atoms with Crippen molar-refractivity contribution in [2.24, 2.45) is 0 Å². The van der Waals surface area contributed by atoms with Gasteiger partial charge in [-0.25, -0.2) is 4.39 Å². The predicted molar refractivity (Wildman–Crippen MR) is 96.9 cm³/mol. The normalized spacial score (nSPS) is 17.2. The SMILES string of the molecule is CCCNC(=O)CCCC(=O)NC1CCCN(c2cccc(F)c2)C1. The first-order chi connectivity index (χ1) is 12.1. The van der Waals surface area contributed by atoms with Crippen molar-refractivity contribution in [3.05, 3.63) is 30.1 Å². The first-order valence-electron chi connectivity index (χ1n) is 9.15. The van der Waals surface area contributed by atoms with Crippen LogP contribution in [0.5, 0.6) is 0 Å². The average Bonchev–Trinajstić information content (AvgIpc) is 2.60. The van der Waals surface area contributed by atoms with Crippen LogP contribution in [0.3, 0.4) is 0 Å². The van der Waals surface area contributed by atoms with Crippen LogP contribution in [0.4, 0.5) is 10.1 Å². The summed E-state index contributed by atoms with van der Waals surface area (Å²) in [6.45, 7) is 4.24. The van der Waals surface area contributed by atoms with Gasteiger partial charge in [0.1, 0.15) is 5.82 Å². The second kappa shape index (κ2) is 10.0. The molecule has 5 nitrogen and oxygen atoms in total. The van der Waals surface area contributed by atoms with Gasteiger partial charge >= 0.3 is 0 Å². The first-order valence-corrected chi connectivity index (χ1v) is 9.15. The third-order valence-corrected chi connectivity index (χ3v) is 4.34. The van der Waals surface area contributed by atoms with E-state index in [2.05, 4.69) is 15.5 Å². The number of piperidine rings is 1. The molecule has 25 heavy (non-hydrogen) atoms. The summed E-state index contributed by atoms with van der Waals surface area (Å²) < 4.78 is 13.4. The van der Waals surface area contributed by atoms with Crippen molar-refractivity contribution in [1.29, 1.82) is 0 Å². The number of hydrogen-bond donors (Lipinski definition) is 2. The standard InChI is InChI=1S/C19H28FN3O2/c1-2-11-21-18(24)9-4-10-19(25)22-16-7-5-12-23(14-16)17-8-3-6-15(20)13-17/h3,6,8,13,16H,2,4-5,7,9-12,14H2,1H3,(H,21,24)(H,22,25). The quantitative estimate of drug-likeness (QED) is 0.758. The summed E-state index contributed by atoms with van der Waals surface area (Å²) in [6.07, 6.45) is 4.09. The molecule has 6 heteroatoms. The molecular weight excluding hydrogens is 321 g/mol. The van der Waals surface area contributed by atoms with Crippen LogP contribution in [0.1, 0.15) is 45.4 Å². The number of hydrogen-bond acceptors (Lipinski definition) is 3. The van der Waals surface area contributed by atoms with Crippen molar-refractivity contribution in [2.45, 2.75) is 51.5 Å².